The van der Waals surface area contributed by atoms with Gasteiger partial charge >= 0.3 is 0 Å². The molecule has 3 N–H and O–H groups in total. The van der Waals surface area contributed by atoms with Crippen LogP contribution < -0.4 is 11.1 Å². The highest BCUT2D eigenvalue weighted by atomic mass is 79.9. The molecule has 1 aromatic carbocycles. The molecule has 0 aliphatic heterocycles. The van der Waals surface area contributed by atoms with Gasteiger partial charge in [-0.1, -0.05) is 29.3 Å². The number of amides is 1. The van der Waals surface area contributed by atoms with Crippen LogP contribution in [-0.4, -0.2) is 11.9 Å². The number of anilines is 1. The molecule has 0 atom stereocenters. The molecular weight excluding hydrogens is 304 g/mol. The number of carbonyl (C=O) groups excluding carboxylic acids is 1. The van der Waals surface area contributed by atoms with E-state index in [1.165, 1.54) is 19.3 Å². The van der Waals surface area contributed by atoms with Crippen molar-refractivity contribution >= 4 is 27.5 Å². The van der Waals surface area contributed by atoms with E-state index >= 15 is 0 Å². The van der Waals surface area contributed by atoms with Crippen molar-refractivity contribution in [3.05, 3.63) is 28.2 Å². The van der Waals surface area contributed by atoms with E-state index in [9.17, 15) is 4.79 Å². The van der Waals surface area contributed by atoms with Crippen LogP contribution in [0.4, 0.5) is 5.69 Å². The fourth-order valence-corrected chi connectivity index (χ4v) is 3.10. The molecule has 4 heteroatoms. The highest BCUT2D eigenvalue weighted by molar-refractivity contribution is 9.10. The van der Waals surface area contributed by atoms with Gasteiger partial charge in [-0.2, -0.15) is 0 Å². The molecule has 1 fully saturated rings. The van der Waals surface area contributed by atoms with Crippen LogP contribution in [0.1, 0.15) is 49.4 Å². The quantitative estimate of drug-likeness (QED) is 0.832. The molecule has 0 bridgehead atoms. The number of benzene rings is 1. The summed E-state index contributed by atoms with van der Waals surface area (Å²) in [5, 5.41) is 3.11. The summed E-state index contributed by atoms with van der Waals surface area (Å²) in [4.78, 5) is 12.2. The smallest absolute Gasteiger partial charge is 0.253 e. The first-order chi connectivity index (χ1) is 9.10. The van der Waals surface area contributed by atoms with Crippen molar-refractivity contribution in [1.82, 2.24) is 5.32 Å². The largest absolute Gasteiger partial charge is 0.398 e. The maximum Gasteiger partial charge on any atom is 0.253 e. The first-order valence-electron chi connectivity index (χ1n) is 6.96. The van der Waals surface area contributed by atoms with Crippen LogP contribution in [0.2, 0.25) is 0 Å². The zero-order valence-electron chi connectivity index (χ0n) is 11.3. The third-order valence-electron chi connectivity index (χ3n) is 4.02. The Morgan fingerprint density at radius 1 is 1.37 bits per heavy atom. The molecule has 104 valence electrons. The molecule has 1 aliphatic rings. The van der Waals surface area contributed by atoms with Crippen LogP contribution in [-0.2, 0) is 0 Å². The van der Waals surface area contributed by atoms with Gasteiger partial charge in [-0.3, -0.25) is 4.79 Å². The molecule has 1 amide bonds. The standard InChI is InChI=1S/C15H21BrN2O/c1-2-10-3-6-12(7-4-10)18-15(19)13-8-5-11(16)9-14(13)17/h5,8-10,12H,2-4,6-7,17H2,1H3,(H,18,19). The van der Waals surface area contributed by atoms with E-state index in [1.54, 1.807) is 12.1 Å². The van der Waals surface area contributed by atoms with E-state index in [1.807, 2.05) is 6.07 Å². The minimum atomic E-state index is -0.0510. The molecule has 0 spiro atoms. The SMILES string of the molecule is CCC1CCC(NC(=O)c2ccc(Br)cc2N)CC1. The molecule has 0 radical (unpaired) electrons. The fourth-order valence-electron chi connectivity index (χ4n) is 2.72. The second-order valence-corrected chi connectivity index (χ2v) is 6.25. The molecule has 2 rings (SSSR count). The van der Waals surface area contributed by atoms with Crippen molar-refractivity contribution in [2.45, 2.75) is 45.1 Å². The topological polar surface area (TPSA) is 55.1 Å². The Morgan fingerprint density at radius 3 is 2.63 bits per heavy atom. The maximum atomic E-state index is 12.2. The lowest BCUT2D eigenvalue weighted by Gasteiger charge is -2.28. The first kappa shape index (κ1) is 14.4. The lowest BCUT2D eigenvalue weighted by molar-refractivity contribution is 0.0922. The molecule has 1 aliphatic carbocycles. The van der Waals surface area contributed by atoms with Crippen LogP contribution in [0.25, 0.3) is 0 Å². The van der Waals surface area contributed by atoms with Crippen LogP contribution in [0.15, 0.2) is 22.7 Å². The van der Waals surface area contributed by atoms with Crippen LogP contribution in [0.5, 0.6) is 0 Å². The molecule has 0 saturated heterocycles. The van der Waals surface area contributed by atoms with E-state index in [2.05, 4.69) is 28.2 Å². The predicted molar refractivity (Wildman–Crippen MR) is 82.1 cm³/mol. The summed E-state index contributed by atoms with van der Waals surface area (Å²) in [6.07, 6.45) is 5.86. The Kier molecular flexibility index (Phi) is 4.86. The molecule has 0 aromatic heterocycles. The summed E-state index contributed by atoms with van der Waals surface area (Å²) >= 11 is 3.35. The normalized spacial score (nSPS) is 23.1. The summed E-state index contributed by atoms with van der Waals surface area (Å²) in [6, 6.07) is 5.69. The zero-order chi connectivity index (χ0) is 13.8. The maximum absolute atomic E-state index is 12.2. The number of nitrogens with one attached hydrogen (secondary N) is 1. The van der Waals surface area contributed by atoms with E-state index in [-0.39, 0.29) is 5.91 Å². The zero-order valence-corrected chi connectivity index (χ0v) is 12.9. The average Bonchev–Trinajstić information content (AvgIpc) is 2.39. The highest BCUT2D eigenvalue weighted by Gasteiger charge is 2.22. The Bertz CT molecular complexity index is 453. The van der Waals surface area contributed by atoms with Crippen LogP contribution in [0.3, 0.4) is 0 Å². The van der Waals surface area contributed by atoms with Gasteiger partial charge in [-0.25, -0.2) is 0 Å². The van der Waals surface area contributed by atoms with Crippen molar-refractivity contribution in [1.29, 1.82) is 0 Å². The highest BCUT2D eigenvalue weighted by Crippen LogP contribution is 2.27. The van der Waals surface area contributed by atoms with Crippen molar-refractivity contribution in [2.24, 2.45) is 5.92 Å². The minimum absolute atomic E-state index is 0.0510. The summed E-state index contributed by atoms with van der Waals surface area (Å²) in [5.41, 5.74) is 6.97. The average molecular weight is 325 g/mol. The number of nitrogen functional groups attached to an aromatic ring is 1. The van der Waals surface area contributed by atoms with Gasteiger partial charge in [0, 0.05) is 16.2 Å². The van der Waals surface area contributed by atoms with Gasteiger partial charge in [0.1, 0.15) is 0 Å². The van der Waals surface area contributed by atoms with E-state index in [0.29, 0.717) is 17.3 Å². The third kappa shape index (κ3) is 3.72. The Hall–Kier alpha value is -1.03. The van der Waals surface area contributed by atoms with Gasteiger partial charge in [0.2, 0.25) is 0 Å². The minimum Gasteiger partial charge on any atom is -0.398 e. The number of halogens is 1. The van der Waals surface area contributed by atoms with Crippen molar-refractivity contribution in [3.8, 4) is 0 Å². The van der Waals surface area contributed by atoms with Crippen LogP contribution in [0, 0.1) is 5.92 Å². The number of carbonyl (C=O) groups is 1. The van der Waals surface area contributed by atoms with E-state index in [0.717, 1.165) is 23.2 Å². The predicted octanol–water partition coefficient (Wildman–Crippen LogP) is 3.73. The summed E-state index contributed by atoms with van der Waals surface area (Å²) in [5.74, 6) is 0.788. The van der Waals surface area contributed by atoms with Gasteiger partial charge in [0.05, 0.1) is 5.56 Å². The molecule has 3 nitrogen and oxygen atoms in total. The molecule has 0 unspecified atom stereocenters. The van der Waals surface area contributed by atoms with Crippen molar-refractivity contribution in [3.63, 3.8) is 0 Å². The molecule has 1 aromatic rings. The van der Waals surface area contributed by atoms with Gasteiger partial charge in [0.25, 0.3) is 5.91 Å². The second-order valence-electron chi connectivity index (χ2n) is 5.33. The van der Waals surface area contributed by atoms with Gasteiger partial charge in [-0.05, 0) is 49.8 Å². The third-order valence-corrected chi connectivity index (χ3v) is 4.51. The lowest BCUT2D eigenvalue weighted by Crippen LogP contribution is -2.37. The van der Waals surface area contributed by atoms with Gasteiger partial charge < -0.3 is 11.1 Å². The Morgan fingerprint density at radius 2 is 2.05 bits per heavy atom. The summed E-state index contributed by atoms with van der Waals surface area (Å²) < 4.78 is 0.894. The van der Waals surface area contributed by atoms with Crippen molar-refractivity contribution < 1.29 is 4.79 Å². The van der Waals surface area contributed by atoms with Gasteiger partial charge in [0.15, 0.2) is 0 Å². The lowest BCUT2D eigenvalue weighted by atomic mass is 9.84. The number of hydrogen-bond acceptors (Lipinski definition) is 2. The first-order valence-corrected chi connectivity index (χ1v) is 7.75. The number of nitrogens with two attached hydrogens (primary N) is 1. The van der Waals surface area contributed by atoms with E-state index in [4.69, 9.17) is 5.73 Å². The second kappa shape index (κ2) is 6.42. The molecular formula is C15H21BrN2O. The molecule has 0 heterocycles. The monoisotopic (exact) mass is 324 g/mol. The van der Waals surface area contributed by atoms with Gasteiger partial charge in [-0.15, -0.1) is 0 Å². The molecule has 19 heavy (non-hydrogen) atoms. The van der Waals surface area contributed by atoms with Crippen LogP contribution >= 0.6 is 15.9 Å². The summed E-state index contributed by atoms with van der Waals surface area (Å²) in [6.45, 7) is 2.24. The Balaban J connectivity index is 1.94. The van der Waals surface area contributed by atoms with Crippen molar-refractivity contribution in [2.75, 3.05) is 5.73 Å². The number of rotatable bonds is 3. The summed E-state index contributed by atoms with van der Waals surface area (Å²) in [7, 11) is 0. The fraction of sp³-hybridized carbons (Fsp3) is 0.533. The van der Waals surface area contributed by atoms with E-state index < -0.39 is 0 Å². The molecule has 1 saturated carbocycles. The number of hydrogen-bond donors (Lipinski definition) is 2. The Labute approximate surface area is 123 Å².